The molecule has 0 aliphatic heterocycles. The molecule has 136 valence electrons. The summed E-state index contributed by atoms with van der Waals surface area (Å²) < 4.78 is 5.35. The van der Waals surface area contributed by atoms with Gasteiger partial charge in [0.05, 0.1) is 11.4 Å². The fourth-order valence-electron chi connectivity index (χ4n) is 1.89. The summed E-state index contributed by atoms with van der Waals surface area (Å²) in [5.41, 5.74) is 5.78. The van der Waals surface area contributed by atoms with Crippen LogP contribution in [0.15, 0.2) is 63.9 Å². The van der Waals surface area contributed by atoms with Crippen LogP contribution in [-0.4, -0.2) is 17.4 Å². The van der Waals surface area contributed by atoms with Crippen LogP contribution in [0.3, 0.4) is 0 Å². The van der Waals surface area contributed by atoms with Crippen LogP contribution in [0.4, 0.5) is 11.4 Å². The Kier molecular flexibility index (Phi) is 6.22. The van der Waals surface area contributed by atoms with Crippen LogP contribution in [0.1, 0.15) is 31.9 Å². The summed E-state index contributed by atoms with van der Waals surface area (Å²) in [5.74, 6) is -0.797. The van der Waals surface area contributed by atoms with Crippen LogP contribution in [0.5, 0.6) is 0 Å². The molecule has 0 aliphatic rings. The van der Waals surface area contributed by atoms with Gasteiger partial charge in [0.2, 0.25) is 0 Å². The zero-order valence-corrected chi connectivity index (χ0v) is 15.8. The van der Waals surface area contributed by atoms with Crippen molar-refractivity contribution in [3.8, 4) is 0 Å². The number of amidine groups is 1. The number of ether oxygens (including phenoxy) is 1. The van der Waals surface area contributed by atoms with Crippen LogP contribution in [0.25, 0.3) is 0 Å². The van der Waals surface area contributed by atoms with E-state index >= 15 is 0 Å². The van der Waals surface area contributed by atoms with E-state index in [0.29, 0.717) is 5.69 Å². The van der Waals surface area contributed by atoms with Gasteiger partial charge in [-0.1, -0.05) is 35.4 Å². The Morgan fingerprint density at radius 1 is 0.923 bits per heavy atom. The SMILES string of the molecule is Cc1ccc(N=N/C(=N\Nc2ccc(C)cc2)C(=O)OC(C)(C)C)cc1. The fourth-order valence-corrected chi connectivity index (χ4v) is 1.89. The van der Waals surface area contributed by atoms with Crippen molar-refractivity contribution >= 4 is 23.2 Å². The van der Waals surface area contributed by atoms with E-state index in [4.69, 9.17) is 4.74 Å². The molecule has 0 saturated heterocycles. The third kappa shape index (κ3) is 6.47. The van der Waals surface area contributed by atoms with Crippen molar-refractivity contribution in [3.63, 3.8) is 0 Å². The Morgan fingerprint density at radius 3 is 2.00 bits per heavy atom. The highest BCUT2D eigenvalue weighted by atomic mass is 16.6. The molecule has 0 aliphatic carbocycles. The van der Waals surface area contributed by atoms with Crippen molar-refractivity contribution in [1.29, 1.82) is 0 Å². The number of hydrazone groups is 1. The zero-order valence-electron chi connectivity index (χ0n) is 15.8. The topological polar surface area (TPSA) is 75.4 Å². The van der Waals surface area contributed by atoms with Crippen molar-refractivity contribution < 1.29 is 9.53 Å². The Hall–Kier alpha value is -3.02. The number of aryl methyl sites for hydroxylation is 2. The second-order valence-electron chi connectivity index (χ2n) is 6.95. The minimum absolute atomic E-state index is 0.152. The lowest BCUT2D eigenvalue weighted by molar-refractivity contribution is -0.146. The molecule has 0 aromatic heterocycles. The maximum Gasteiger partial charge on any atom is 0.380 e. The molecule has 2 aromatic carbocycles. The van der Waals surface area contributed by atoms with E-state index in [1.807, 2.05) is 62.4 Å². The molecule has 6 heteroatoms. The number of rotatable bonds is 3. The van der Waals surface area contributed by atoms with Gasteiger partial charge in [0.25, 0.3) is 5.84 Å². The molecular weight excluding hydrogens is 328 g/mol. The maximum absolute atomic E-state index is 12.4. The number of hydrogen-bond donors (Lipinski definition) is 1. The van der Waals surface area contributed by atoms with E-state index in [1.54, 1.807) is 20.8 Å². The number of hydrogen-bond acceptors (Lipinski definition) is 5. The summed E-state index contributed by atoms with van der Waals surface area (Å²) in [6, 6.07) is 15.1. The predicted molar refractivity (Wildman–Crippen MR) is 104 cm³/mol. The minimum Gasteiger partial charge on any atom is -0.454 e. The lowest BCUT2D eigenvalue weighted by atomic mass is 10.2. The van der Waals surface area contributed by atoms with Crippen LogP contribution in [0, 0.1) is 13.8 Å². The van der Waals surface area contributed by atoms with Crippen molar-refractivity contribution in [2.45, 2.75) is 40.2 Å². The van der Waals surface area contributed by atoms with Gasteiger partial charge in [-0.15, -0.1) is 15.3 Å². The summed E-state index contributed by atoms with van der Waals surface area (Å²) in [5, 5.41) is 12.1. The average Bonchev–Trinajstić information content (AvgIpc) is 2.56. The first kappa shape index (κ1) is 19.3. The number of nitrogens with one attached hydrogen (secondary N) is 1. The molecule has 6 nitrogen and oxygen atoms in total. The molecule has 0 radical (unpaired) electrons. The Labute approximate surface area is 154 Å². The fraction of sp³-hybridized carbons (Fsp3) is 0.300. The molecule has 0 unspecified atom stereocenters. The minimum atomic E-state index is -0.652. The van der Waals surface area contributed by atoms with E-state index in [1.165, 1.54) is 0 Å². The standard InChI is InChI=1S/C20H24N4O2/c1-14-6-10-16(11-7-14)21-23-18(19(25)26-20(3,4)5)24-22-17-12-8-15(2)9-13-17/h6-13,21H,1-5H3/b23-18-,24-22?. The zero-order chi connectivity index (χ0) is 19.2. The first-order valence-corrected chi connectivity index (χ1v) is 8.35. The molecule has 0 amide bonds. The maximum atomic E-state index is 12.4. The van der Waals surface area contributed by atoms with E-state index in [9.17, 15) is 4.79 Å². The van der Waals surface area contributed by atoms with E-state index in [2.05, 4.69) is 20.8 Å². The lowest BCUT2D eigenvalue weighted by Gasteiger charge is -2.18. The summed E-state index contributed by atoms with van der Waals surface area (Å²) in [7, 11) is 0. The largest absolute Gasteiger partial charge is 0.454 e. The van der Waals surface area contributed by atoms with Gasteiger partial charge in [-0.3, -0.25) is 5.43 Å². The number of benzene rings is 2. The second kappa shape index (κ2) is 8.38. The van der Waals surface area contributed by atoms with Crippen LogP contribution >= 0.6 is 0 Å². The molecule has 0 saturated carbocycles. The smallest absolute Gasteiger partial charge is 0.380 e. The van der Waals surface area contributed by atoms with Crippen LogP contribution < -0.4 is 5.43 Å². The number of azo groups is 1. The van der Waals surface area contributed by atoms with Gasteiger partial charge in [0.1, 0.15) is 5.60 Å². The molecule has 0 fully saturated rings. The molecule has 1 N–H and O–H groups in total. The van der Waals surface area contributed by atoms with Crippen molar-refractivity contribution in [2.75, 3.05) is 5.43 Å². The van der Waals surface area contributed by atoms with Gasteiger partial charge in [0, 0.05) is 0 Å². The summed E-state index contributed by atoms with van der Waals surface area (Å²) in [4.78, 5) is 12.4. The van der Waals surface area contributed by atoms with Gasteiger partial charge < -0.3 is 4.74 Å². The summed E-state index contributed by atoms with van der Waals surface area (Å²) in [6.45, 7) is 9.34. The Morgan fingerprint density at radius 2 is 1.46 bits per heavy atom. The molecule has 26 heavy (non-hydrogen) atoms. The highest BCUT2D eigenvalue weighted by Gasteiger charge is 2.21. The predicted octanol–water partition coefficient (Wildman–Crippen LogP) is 5.15. The molecular formula is C20H24N4O2. The number of esters is 1. The van der Waals surface area contributed by atoms with Gasteiger partial charge in [-0.2, -0.15) is 0 Å². The summed E-state index contributed by atoms with van der Waals surface area (Å²) >= 11 is 0. The highest BCUT2D eigenvalue weighted by Crippen LogP contribution is 2.15. The molecule has 0 heterocycles. The summed E-state index contributed by atoms with van der Waals surface area (Å²) in [6.07, 6.45) is 0. The van der Waals surface area contributed by atoms with Gasteiger partial charge in [-0.25, -0.2) is 4.79 Å². The molecule has 0 bridgehead atoms. The highest BCUT2D eigenvalue weighted by molar-refractivity contribution is 6.35. The lowest BCUT2D eigenvalue weighted by Crippen LogP contribution is -2.28. The third-order valence-corrected chi connectivity index (χ3v) is 3.22. The molecule has 2 rings (SSSR count). The van der Waals surface area contributed by atoms with Crippen molar-refractivity contribution in [1.82, 2.24) is 0 Å². The first-order valence-electron chi connectivity index (χ1n) is 8.35. The first-order chi connectivity index (χ1) is 12.2. The molecule has 0 spiro atoms. The second-order valence-corrected chi connectivity index (χ2v) is 6.95. The Balaban J connectivity index is 2.22. The van der Waals surface area contributed by atoms with E-state index in [-0.39, 0.29) is 5.84 Å². The van der Waals surface area contributed by atoms with Crippen LogP contribution in [-0.2, 0) is 9.53 Å². The van der Waals surface area contributed by atoms with Gasteiger partial charge in [-0.05, 0) is 58.9 Å². The average molecular weight is 352 g/mol. The number of carbonyl (C=O) groups excluding carboxylic acids is 1. The number of anilines is 1. The number of carbonyl (C=O) groups is 1. The third-order valence-electron chi connectivity index (χ3n) is 3.22. The van der Waals surface area contributed by atoms with Crippen LogP contribution in [0.2, 0.25) is 0 Å². The van der Waals surface area contributed by atoms with E-state index in [0.717, 1.165) is 16.8 Å². The molecule has 0 atom stereocenters. The van der Waals surface area contributed by atoms with Crippen molar-refractivity contribution in [3.05, 3.63) is 59.7 Å². The van der Waals surface area contributed by atoms with Gasteiger partial charge in [0.15, 0.2) is 0 Å². The number of nitrogens with zero attached hydrogens (tertiary/aromatic N) is 3. The Bertz CT molecular complexity index is 801. The normalized spacial score (nSPS) is 12.3. The molecule has 2 aromatic rings. The quantitative estimate of drug-likeness (QED) is 0.273. The van der Waals surface area contributed by atoms with Crippen molar-refractivity contribution in [2.24, 2.45) is 15.3 Å². The van der Waals surface area contributed by atoms with Gasteiger partial charge >= 0.3 is 5.97 Å². The monoisotopic (exact) mass is 352 g/mol. The van der Waals surface area contributed by atoms with E-state index < -0.39 is 11.6 Å².